The van der Waals surface area contributed by atoms with Crippen molar-refractivity contribution in [3.8, 4) is 5.75 Å². The first-order valence-electron chi connectivity index (χ1n) is 8.90. The number of pyridine rings is 1. The van der Waals surface area contributed by atoms with Crippen LogP contribution in [0.25, 0.3) is 11.0 Å². The first-order valence-corrected chi connectivity index (χ1v) is 8.90. The van der Waals surface area contributed by atoms with Gasteiger partial charge in [0.1, 0.15) is 22.7 Å². The molecule has 1 aliphatic heterocycles. The Balaban J connectivity index is 1.67. The highest BCUT2D eigenvalue weighted by Gasteiger charge is 2.34. The number of carbonyl (C=O) groups is 1. The summed E-state index contributed by atoms with van der Waals surface area (Å²) in [7, 11) is 0. The van der Waals surface area contributed by atoms with Crippen molar-refractivity contribution in [1.82, 2.24) is 4.98 Å². The van der Waals surface area contributed by atoms with Gasteiger partial charge >= 0.3 is 17.8 Å². The van der Waals surface area contributed by atoms with E-state index in [0.717, 1.165) is 38.1 Å². The number of esters is 1. The van der Waals surface area contributed by atoms with Crippen LogP contribution in [0.4, 0.5) is 19.0 Å². The summed E-state index contributed by atoms with van der Waals surface area (Å²) in [6.45, 7) is 1.55. The number of anilines is 1. The summed E-state index contributed by atoms with van der Waals surface area (Å²) in [6, 6.07) is 6.99. The molecule has 3 aromatic rings. The molecule has 9 heteroatoms. The standard InChI is InChI=1S/C20H15F3N2O4/c21-20(22,23)15-11-17(26)29-16-10-12(5-6-13(15)16)28-19(27)14-4-3-7-24-18(14)25-8-1-2-9-25/h3-7,10-11H,1-2,8-9H2. The number of halogens is 3. The molecule has 0 unspecified atom stereocenters. The highest BCUT2D eigenvalue weighted by Crippen LogP contribution is 2.35. The Hall–Kier alpha value is -3.36. The molecule has 3 heterocycles. The smallest absolute Gasteiger partial charge is 0.417 e. The number of rotatable bonds is 3. The summed E-state index contributed by atoms with van der Waals surface area (Å²) in [4.78, 5) is 30.4. The Bertz CT molecular complexity index is 1130. The summed E-state index contributed by atoms with van der Waals surface area (Å²) < 4.78 is 49.6. The van der Waals surface area contributed by atoms with Gasteiger partial charge in [0.2, 0.25) is 0 Å². The number of aromatic nitrogens is 1. The van der Waals surface area contributed by atoms with Gasteiger partial charge in [-0.3, -0.25) is 0 Å². The molecule has 1 fully saturated rings. The zero-order valence-corrected chi connectivity index (χ0v) is 15.0. The summed E-state index contributed by atoms with van der Waals surface area (Å²) in [6.07, 6.45) is -1.15. The van der Waals surface area contributed by atoms with E-state index in [1.54, 1.807) is 18.3 Å². The third-order valence-corrected chi connectivity index (χ3v) is 4.64. The maximum absolute atomic E-state index is 13.1. The van der Waals surface area contributed by atoms with E-state index in [4.69, 9.17) is 9.15 Å². The molecule has 0 radical (unpaired) electrons. The van der Waals surface area contributed by atoms with Crippen LogP contribution >= 0.6 is 0 Å². The lowest BCUT2D eigenvalue weighted by molar-refractivity contribution is -0.136. The second kappa shape index (κ2) is 7.23. The molecule has 6 nitrogen and oxygen atoms in total. The first-order chi connectivity index (χ1) is 13.8. The molecule has 0 spiro atoms. The average molecular weight is 404 g/mol. The summed E-state index contributed by atoms with van der Waals surface area (Å²) in [5.41, 5.74) is -2.32. The molecule has 150 valence electrons. The van der Waals surface area contributed by atoms with E-state index in [0.29, 0.717) is 11.9 Å². The third kappa shape index (κ3) is 3.80. The predicted octanol–water partition coefficient (Wildman–Crippen LogP) is 4.03. The maximum Gasteiger partial charge on any atom is 0.417 e. The normalized spacial score (nSPS) is 14.4. The van der Waals surface area contributed by atoms with Crippen LogP contribution in [0.1, 0.15) is 28.8 Å². The average Bonchev–Trinajstić information content (AvgIpc) is 3.21. The monoisotopic (exact) mass is 404 g/mol. The van der Waals surface area contributed by atoms with E-state index >= 15 is 0 Å². The van der Waals surface area contributed by atoms with Crippen LogP contribution in [-0.2, 0) is 6.18 Å². The SMILES string of the molecule is O=C(Oc1ccc2c(C(F)(F)F)cc(=O)oc2c1)c1cccnc1N1CCCC1. The minimum absolute atomic E-state index is 0.0406. The molecule has 0 bridgehead atoms. The van der Waals surface area contributed by atoms with Crippen molar-refractivity contribution in [3.63, 3.8) is 0 Å². The second-order valence-electron chi connectivity index (χ2n) is 6.59. The number of alkyl halides is 3. The number of ether oxygens (including phenoxy) is 1. The van der Waals surface area contributed by atoms with Crippen LogP contribution in [0.3, 0.4) is 0 Å². The zero-order valence-electron chi connectivity index (χ0n) is 15.0. The van der Waals surface area contributed by atoms with E-state index in [-0.39, 0.29) is 22.3 Å². The van der Waals surface area contributed by atoms with Gasteiger partial charge in [-0.2, -0.15) is 13.2 Å². The Labute approximate surface area is 162 Å². The van der Waals surface area contributed by atoms with E-state index in [1.807, 2.05) is 4.90 Å². The molecular weight excluding hydrogens is 389 g/mol. The van der Waals surface area contributed by atoms with Crippen molar-refractivity contribution in [2.75, 3.05) is 18.0 Å². The lowest BCUT2D eigenvalue weighted by Crippen LogP contribution is -2.23. The topological polar surface area (TPSA) is 72.6 Å². The molecule has 2 aromatic heterocycles. The molecule has 0 N–H and O–H groups in total. The van der Waals surface area contributed by atoms with Crippen molar-refractivity contribution in [1.29, 1.82) is 0 Å². The Morgan fingerprint density at radius 3 is 2.62 bits per heavy atom. The summed E-state index contributed by atoms with van der Waals surface area (Å²) >= 11 is 0. The fraction of sp³-hybridized carbons (Fsp3) is 0.250. The third-order valence-electron chi connectivity index (χ3n) is 4.64. The Morgan fingerprint density at radius 2 is 1.90 bits per heavy atom. The molecule has 4 rings (SSSR count). The molecule has 1 saturated heterocycles. The fourth-order valence-electron chi connectivity index (χ4n) is 3.34. The molecular formula is C20H15F3N2O4. The Kier molecular flexibility index (Phi) is 4.73. The van der Waals surface area contributed by atoms with Gasteiger partial charge in [-0.25, -0.2) is 14.6 Å². The van der Waals surface area contributed by atoms with Crippen LogP contribution in [0, 0.1) is 0 Å². The first kappa shape index (κ1) is 19.0. The van der Waals surface area contributed by atoms with Gasteiger partial charge in [0, 0.05) is 36.8 Å². The van der Waals surface area contributed by atoms with Gasteiger partial charge in [0.05, 0.1) is 5.56 Å². The van der Waals surface area contributed by atoms with Gasteiger partial charge in [0.15, 0.2) is 0 Å². The predicted molar refractivity (Wildman–Crippen MR) is 98.1 cm³/mol. The number of benzene rings is 1. The second-order valence-corrected chi connectivity index (χ2v) is 6.59. The van der Waals surface area contributed by atoms with Crippen molar-refractivity contribution >= 4 is 22.8 Å². The highest BCUT2D eigenvalue weighted by atomic mass is 19.4. The minimum Gasteiger partial charge on any atom is -0.423 e. The van der Waals surface area contributed by atoms with Crippen molar-refractivity contribution < 1.29 is 27.1 Å². The largest absolute Gasteiger partial charge is 0.423 e. The number of hydrogen-bond donors (Lipinski definition) is 0. The van der Waals surface area contributed by atoms with Crippen molar-refractivity contribution in [3.05, 3.63) is 64.1 Å². The van der Waals surface area contributed by atoms with Crippen LogP contribution in [0.15, 0.2) is 51.8 Å². The molecule has 1 aliphatic rings. The van der Waals surface area contributed by atoms with Crippen molar-refractivity contribution in [2.24, 2.45) is 0 Å². The number of hydrogen-bond acceptors (Lipinski definition) is 6. The number of fused-ring (bicyclic) bond motifs is 1. The van der Waals surface area contributed by atoms with Crippen LogP contribution in [-0.4, -0.2) is 24.0 Å². The molecule has 29 heavy (non-hydrogen) atoms. The number of nitrogens with zero attached hydrogens (tertiary/aromatic N) is 2. The molecule has 0 aliphatic carbocycles. The van der Waals surface area contributed by atoms with E-state index in [2.05, 4.69) is 4.98 Å². The zero-order chi connectivity index (χ0) is 20.6. The van der Waals surface area contributed by atoms with Crippen molar-refractivity contribution in [2.45, 2.75) is 19.0 Å². The molecule has 0 saturated carbocycles. The van der Waals surface area contributed by atoms with Gasteiger partial charge < -0.3 is 14.1 Å². The maximum atomic E-state index is 13.1. The van der Waals surface area contributed by atoms with E-state index in [1.165, 1.54) is 6.07 Å². The van der Waals surface area contributed by atoms with E-state index in [9.17, 15) is 22.8 Å². The summed E-state index contributed by atoms with van der Waals surface area (Å²) in [5, 5.41) is -0.295. The fourth-order valence-corrected chi connectivity index (χ4v) is 3.34. The van der Waals surface area contributed by atoms with Gasteiger partial charge in [-0.05, 0) is 37.1 Å². The molecule has 0 amide bonds. The van der Waals surface area contributed by atoms with Gasteiger partial charge in [-0.15, -0.1) is 0 Å². The Morgan fingerprint density at radius 1 is 1.14 bits per heavy atom. The van der Waals surface area contributed by atoms with Gasteiger partial charge in [-0.1, -0.05) is 0 Å². The number of carbonyl (C=O) groups excluding carboxylic acids is 1. The van der Waals surface area contributed by atoms with Crippen LogP contribution in [0.2, 0.25) is 0 Å². The minimum atomic E-state index is -4.72. The lowest BCUT2D eigenvalue weighted by Gasteiger charge is -2.19. The highest BCUT2D eigenvalue weighted by molar-refractivity contribution is 5.96. The molecule has 0 atom stereocenters. The molecule has 1 aromatic carbocycles. The quantitative estimate of drug-likeness (QED) is 0.373. The van der Waals surface area contributed by atoms with Crippen LogP contribution < -0.4 is 15.3 Å². The van der Waals surface area contributed by atoms with Gasteiger partial charge in [0.25, 0.3) is 0 Å². The lowest BCUT2D eigenvalue weighted by atomic mass is 10.1. The summed E-state index contributed by atoms with van der Waals surface area (Å²) in [5.74, 6) is -0.239. The van der Waals surface area contributed by atoms with Crippen LogP contribution in [0.5, 0.6) is 5.75 Å². The van der Waals surface area contributed by atoms with E-state index < -0.39 is 23.3 Å².